The SMILES string of the molecule is CCCC(CCC1CCCC1)NC. The molecule has 0 spiro atoms. The van der Waals surface area contributed by atoms with Crippen molar-refractivity contribution in [2.24, 2.45) is 5.92 Å². The first kappa shape index (κ1) is 11.0. The molecule has 1 heteroatoms. The van der Waals surface area contributed by atoms with E-state index >= 15 is 0 Å². The summed E-state index contributed by atoms with van der Waals surface area (Å²) in [4.78, 5) is 0. The van der Waals surface area contributed by atoms with Crippen LogP contribution in [0.15, 0.2) is 0 Å². The minimum Gasteiger partial charge on any atom is -0.317 e. The lowest BCUT2D eigenvalue weighted by Gasteiger charge is -2.17. The molecule has 0 bridgehead atoms. The Labute approximate surface area is 83.3 Å². The third-order valence-electron chi connectivity index (χ3n) is 3.44. The predicted octanol–water partition coefficient (Wildman–Crippen LogP) is 3.34. The molecular formula is C12H25N. The maximum Gasteiger partial charge on any atom is 0.00640 e. The van der Waals surface area contributed by atoms with Gasteiger partial charge in [0.05, 0.1) is 0 Å². The second-order valence-electron chi connectivity index (χ2n) is 4.50. The van der Waals surface area contributed by atoms with E-state index < -0.39 is 0 Å². The zero-order chi connectivity index (χ0) is 9.52. The fourth-order valence-electron chi connectivity index (χ4n) is 2.52. The molecule has 0 aromatic heterocycles. The Morgan fingerprint density at radius 2 is 1.92 bits per heavy atom. The Morgan fingerprint density at radius 3 is 2.46 bits per heavy atom. The second-order valence-corrected chi connectivity index (χ2v) is 4.50. The molecule has 1 atom stereocenters. The van der Waals surface area contributed by atoms with Gasteiger partial charge in [-0.15, -0.1) is 0 Å². The molecule has 1 aliphatic carbocycles. The lowest BCUT2D eigenvalue weighted by molar-refractivity contribution is 0.404. The molecule has 0 heterocycles. The van der Waals surface area contributed by atoms with Gasteiger partial charge >= 0.3 is 0 Å². The minimum atomic E-state index is 0.783. The number of rotatable bonds is 6. The van der Waals surface area contributed by atoms with Gasteiger partial charge in [-0.25, -0.2) is 0 Å². The van der Waals surface area contributed by atoms with Crippen LogP contribution in [0.5, 0.6) is 0 Å². The van der Waals surface area contributed by atoms with E-state index in [0.29, 0.717) is 0 Å². The highest BCUT2D eigenvalue weighted by Gasteiger charge is 2.16. The van der Waals surface area contributed by atoms with Crippen molar-refractivity contribution in [3.63, 3.8) is 0 Å². The Morgan fingerprint density at radius 1 is 1.23 bits per heavy atom. The number of hydrogen-bond acceptors (Lipinski definition) is 1. The zero-order valence-electron chi connectivity index (χ0n) is 9.31. The summed E-state index contributed by atoms with van der Waals surface area (Å²) in [6, 6.07) is 0.783. The predicted molar refractivity (Wildman–Crippen MR) is 58.9 cm³/mol. The van der Waals surface area contributed by atoms with Crippen LogP contribution in [-0.4, -0.2) is 13.1 Å². The molecule has 1 fully saturated rings. The van der Waals surface area contributed by atoms with Crippen molar-refractivity contribution in [1.82, 2.24) is 5.32 Å². The van der Waals surface area contributed by atoms with Crippen LogP contribution in [0.4, 0.5) is 0 Å². The van der Waals surface area contributed by atoms with Crippen molar-refractivity contribution in [3.05, 3.63) is 0 Å². The largest absolute Gasteiger partial charge is 0.317 e. The monoisotopic (exact) mass is 183 g/mol. The van der Waals surface area contributed by atoms with Crippen molar-refractivity contribution in [2.75, 3.05) is 7.05 Å². The first-order valence-corrected chi connectivity index (χ1v) is 6.04. The Balaban J connectivity index is 2.07. The van der Waals surface area contributed by atoms with Crippen molar-refractivity contribution < 1.29 is 0 Å². The minimum absolute atomic E-state index is 0.783. The van der Waals surface area contributed by atoms with Crippen molar-refractivity contribution >= 4 is 0 Å². The van der Waals surface area contributed by atoms with E-state index in [2.05, 4.69) is 19.3 Å². The lowest BCUT2D eigenvalue weighted by atomic mass is 9.97. The number of hydrogen-bond donors (Lipinski definition) is 1. The van der Waals surface area contributed by atoms with Gasteiger partial charge in [0.2, 0.25) is 0 Å². The van der Waals surface area contributed by atoms with Gasteiger partial charge < -0.3 is 5.32 Å². The lowest BCUT2D eigenvalue weighted by Crippen LogP contribution is -2.25. The quantitative estimate of drug-likeness (QED) is 0.666. The Kier molecular flexibility index (Phi) is 5.45. The average Bonchev–Trinajstić information content (AvgIpc) is 2.64. The van der Waals surface area contributed by atoms with Crippen molar-refractivity contribution in [2.45, 2.75) is 64.3 Å². The zero-order valence-corrected chi connectivity index (χ0v) is 9.31. The maximum atomic E-state index is 3.43. The molecule has 0 aliphatic heterocycles. The molecule has 0 aromatic rings. The van der Waals surface area contributed by atoms with Gasteiger partial charge in [-0.3, -0.25) is 0 Å². The molecular weight excluding hydrogens is 158 g/mol. The summed E-state index contributed by atoms with van der Waals surface area (Å²) in [5, 5.41) is 3.43. The van der Waals surface area contributed by atoms with Crippen LogP contribution in [0.2, 0.25) is 0 Å². The highest BCUT2D eigenvalue weighted by atomic mass is 14.9. The van der Waals surface area contributed by atoms with Crippen molar-refractivity contribution in [3.8, 4) is 0 Å². The fraction of sp³-hybridized carbons (Fsp3) is 1.00. The first-order valence-electron chi connectivity index (χ1n) is 6.04. The third-order valence-corrected chi connectivity index (χ3v) is 3.44. The molecule has 1 unspecified atom stereocenters. The van der Waals surface area contributed by atoms with E-state index in [1.54, 1.807) is 0 Å². The molecule has 1 saturated carbocycles. The Hall–Kier alpha value is -0.0400. The topological polar surface area (TPSA) is 12.0 Å². The fourth-order valence-corrected chi connectivity index (χ4v) is 2.52. The highest BCUT2D eigenvalue weighted by Crippen LogP contribution is 2.29. The van der Waals surface area contributed by atoms with E-state index in [0.717, 1.165) is 12.0 Å². The molecule has 0 saturated heterocycles. The van der Waals surface area contributed by atoms with Gasteiger partial charge in [0, 0.05) is 6.04 Å². The van der Waals surface area contributed by atoms with E-state index in [4.69, 9.17) is 0 Å². The van der Waals surface area contributed by atoms with Crippen molar-refractivity contribution in [1.29, 1.82) is 0 Å². The second kappa shape index (κ2) is 6.42. The molecule has 0 amide bonds. The highest BCUT2D eigenvalue weighted by molar-refractivity contribution is 4.71. The van der Waals surface area contributed by atoms with Crippen LogP contribution in [0.1, 0.15) is 58.3 Å². The molecule has 78 valence electrons. The molecule has 1 nitrogen and oxygen atoms in total. The summed E-state index contributed by atoms with van der Waals surface area (Å²) in [5.74, 6) is 1.06. The van der Waals surface area contributed by atoms with E-state index in [-0.39, 0.29) is 0 Å². The first-order chi connectivity index (χ1) is 6.36. The van der Waals surface area contributed by atoms with Gasteiger partial charge in [0.15, 0.2) is 0 Å². The van der Waals surface area contributed by atoms with Gasteiger partial charge in [-0.05, 0) is 32.2 Å². The smallest absolute Gasteiger partial charge is 0.00640 e. The molecule has 0 aromatic carbocycles. The van der Waals surface area contributed by atoms with E-state index in [9.17, 15) is 0 Å². The summed E-state index contributed by atoms with van der Waals surface area (Å²) in [6.07, 6.45) is 11.5. The van der Waals surface area contributed by atoms with Gasteiger partial charge in [-0.2, -0.15) is 0 Å². The maximum absolute atomic E-state index is 3.43. The summed E-state index contributed by atoms with van der Waals surface area (Å²) < 4.78 is 0. The molecule has 1 N–H and O–H groups in total. The summed E-state index contributed by atoms with van der Waals surface area (Å²) in [5.41, 5.74) is 0. The van der Waals surface area contributed by atoms with Crippen LogP contribution in [0.25, 0.3) is 0 Å². The van der Waals surface area contributed by atoms with E-state index in [1.165, 1.54) is 51.4 Å². The van der Waals surface area contributed by atoms with Crippen LogP contribution in [-0.2, 0) is 0 Å². The molecule has 1 aliphatic rings. The third kappa shape index (κ3) is 4.12. The Bertz CT molecular complexity index is 116. The average molecular weight is 183 g/mol. The molecule has 0 radical (unpaired) electrons. The van der Waals surface area contributed by atoms with Gasteiger partial charge in [0.1, 0.15) is 0 Å². The number of nitrogens with one attached hydrogen (secondary N) is 1. The van der Waals surface area contributed by atoms with Crippen LogP contribution < -0.4 is 5.32 Å². The summed E-state index contributed by atoms with van der Waals surface area (Å²) in [7, 11) is 2.11. The molecule has 13 heavy (non-hydrogen) atoms. The standard InChI is InChI=1S/C12H25N/c1-3-6-12(13-2)10-9-11-7-4-5-8-11/h11-13H,3-10H2,1-2H3. The van der Waals surface area contributed by atoms with Crippen LogP contribution in [0.3, 0.4) is 0 Å². The van der Waals surface area contributed by atoms with Gasteiger partial charge in [-0.1, -0.05) is 39.0 Å². The summed E-state index contributed by atoms with van der Waals surface area (Å²) in [6.45, 7) is 2.28. The van der Waals surface area contributed by atoms with Crippen LogP contribution >= 0.6 is 0 Å². The van der Waals surface area contributed by atoms with E-state index in [1.807, 2.05) is 0 Å². The van der Waals surface area contributed by atoms with Crippen LogP contribution in [0, 0.1) is 5.92 Å². The summed E-state index contributed by atoms with van der Waals surface area (Å²) >= 11 is 0. The van der Waals surface area contributed by atoms with Gasteiger partial charge in [0.25, 0.3) is 0 Å². The molecule has 1 rings (SSSR count). The normalized spacial score (nSPS) is 20.8.